The number of ether oxygens (including phenoxy) is 1. The van der Waals surface area contributed by atoms with Crippen LogP contribution in [-0.2, 0) is 4.74 Å². The van der Waals surface area contributed by atoms with Crippen molar-refractivity contribution in [3.63, 3.8) is 0 Å². The summed E-state index contributed by atoms with van der Waals surface area (Å²) in [6.07, 6.45) is 2.89. The van der Waals surface area contributed by atoms with Gasteiger partial charge in [-0.1, -0.05) is 36.4 Å². The summed E-state index contributed by atoms with van der Waals surface area (Å²) in [5, 5.41) is 2.21. The van der Waals surface area contributed by atoms with E-state index in [9.17, 15) is 4.79 Å². The Kier molecular flexibility index (Phi) is 3.55. The van der Waals surface area contributed by atoms with E-state index in [0.717, 1.165) is 10.8 Å². The summed E-state index contributed by atoms with van der Waals surface area (Å²) in [4.78, 5) is 11.8. The molecule has 2 rings (SSSR count). The number of benzene rings is 2. The van der Waals surface area contributed by atoms with Crippen molar-refractivity contribution in [2.75, 3.05) is 6.61 Å². The van der Waals surface area contributed by atoms with Crippen LogP contribution in [0.1, 0.15) is 17.3 Å². The molecule has 17 heavy (non-hydrogen) atoms. The van der Waals surface area contributed by atoms with Crippen LogP contribution in [0.5, 0.6) is 0 Å². The Morgan fingerprint density at radius 2 is 1.94 bits per heavy atom. The molecule has 0 N–H and O–H groups in total. The molecule has 0 radical (unpaired) electrons. The van der Waals surface area contributed by atoms with Crippen LogP contribution in [0, 0.1) is 0 Å². The van der Waals surface area contributed by atoms with E-state index in [2.05, 4.69) is 0 Å². The zero-order chi connectivity index (χ0) is 12.1. The van der Waals surface area contributed by atoms with Gasteiger partial charge in [0.25, 0.3) is 0 Å². The second-order valence-electron chi connectivity index (χ2n) is 3.68. The van der Waals surface area contributed by atoms with E-state index < -0.39 is 0 Å². The monoisotopic (exact) mass is 226 g/mol. The van der Waals surface area contributed by atoms with Gasteiger partial charge in [0.15, 0.2) is 5.78 Å². The van der Waals surface area contributed by atoms with Gasteiger partial charge in [-0.15, -0.1) is 0 Å². The summed E-state index contributed by atoms with van der Waals surface area (Å²) in [5.74, 6) is -0.0378. The van der Waals surface area contributed by atoms with E-state index in [-0.39, 0.29) is 5.78 Å². The first-order valence-corrected chi connectivity index (χ1v) is 5.62. The lowest BCUT2D eigenvalue weighted by Crippen LogP contribution is -1.94. The van der Waals surface area contributed by atoms with Crippen LogP contribution in [0.4, 0.5) is 0 Å². The van der Waals surface area contributed by atoms with Crippen LogP contribution in [0.3, 0.4) is 0 Å². The summed E-state index contributed by atoms with van der Waals surface area (Å²) in [5.41, 5.74) is 0.680. The first-order valence-electron chi connectivity index (χ1n) is 5.62. The highest BCUT2D eigenvalue weighted by molar-refractivity contribution is 6.06. The molecule has 0 fully saturated rings. The molecule has 0 saturated carbocycles. The van der Waals surface area contributed by atoms with Crippen LogP contribution < -0.4 is 0 Å². The van der Waals surface area contributed by atoms with Crippen molar-refractivity contribution in [2.45, 2.75) is 6.92 Å². The third-order valence-electron chi connectivity index (χ3n) is 2.52. The molecule has 0 unspecified atom stereocenters. The Labute approximate surface area is 101 Å². The van der Waals surface area contributed by atoms with E-state index in [1.165, 1.54) is 12.3 Å². The molecule has 0 saturated heterocycles. The molecule has 0 bridgehead atoms. The molecular formula is C15H14O2. The molecule has 2 heteroatoms. The zero-order valence-electron chi connectivity index (χ0n) is 9.72. The Bertz CT molecular complexity index is 556. The van der Waals surface area contributed by atoms with Crippen molar-refractivity contribution < 1.29 is 9.53 Å². The molecule has 0 spiro atoms. The number of carbonyl (C=O) groups excluding carboxylic acids is 1. The van der Waals surface area contributed by atoms with Crippen molar-refractivity contribution >= 4 is 16.6 Å². The van der Waals surface area contributed by atoms with Crippen LogP contribution in [0.15, 0.2) is 54.8 Å². The van der Waals surface area contributed by atoms with Gasteiger partial charge >= 0.3 is 0 Å². The largest absolute Gasteiger partial charge is 0.501 e. The maximum Gasteiger partial charge on any atom is 0.188 e. The molecule has 2 aromatic rings. The Morgan fingerprint density at radius 3 is 2.71 bits per heavy atom. The van der Waals surface area contributed by atoms with Gasteiger partial charge in [0.1, 0.15) is 0 Å². The van der Waals surface area contributed by atoms with Gasteiger partial charge in [0.05, 0.1) is 12.9 Å². The number of allylic oxidation sites excluding steroid dienone is 1. The summed E-state index contributed by atoms with van der Waals surface area (Å²) >= 11 is 0. The lowest BCUT2D eigenvalue weighted by atomic mass is 10.0. The summed E-state index contributed by atoms with van der Waals surface area (Å²) in [6, 6.07) is 13.7. The van der Waals surface area contributed by atoms with Gasteiger partial charge in [-0.05, 0) is 23.8 Å². The van der Waals surface area contributed by atoms with E-state index in [1.807, 2.05) is 49.4 Å². The maximum atomic E-state index is 11.8. The molecule has 0 aliphatic heterocycles. The SMILES string of the molecule is CCOC=CC(=O)c1ccc2ccccc2c1. The first-order chi connectivity index (χ1) is 8.31. The van der Waals surface area contributed by atoms with Gasteiger partial charge < -0.3 is 4.74 Å². The summed E-state index contributed by atoms with van der Waals surface area (Å²) in [7, 11) is 0. The summed E-state index contributed by atoms with van der Waals surface area (Å²) in [6.45, 7) is 2.45. The van der Waals surface area contributed by atoms with Crippen LogP contribution >= 0.6 is 0 Å². The van der Waals surface area contributed by atoms with Crippen molar-refractivity contribution in [3.8, 4) is 0 Å². The average molecular weight is 226 g/mol. The van der Waals surface area contributed by atoms with Crippen molar-refractivity contribution in [3.05, 3.63) is 60.4 Å². The molecule has 2 nitrogen and oxygen atoms in total. The molecule has 0 heterocycles. The second kappa shape index (κ2) is 5.30. The molecule has 86 valence electrons. The van der Waals surface area contributed by atoms with Crippen LogP contribution in [0.25, 0.3) is 10.8 Å². The number of hydrogen-bond acceptors (Lipinski definition) is 2. The highest BCUT2D eigenvalue weighted by Gasteiger charge is 2.02. The fourth-order valence-corrected chi connectivity index (χ4v) is 1.64. The van der Waals surface area contributed by atoms with E-state index in [0.29, 0.717) is 12.2 Å². The van der Waals surface area contributed by atoms with Gasteiger partial charge in [-0.2, -0.15) is 0 Å². The topological polar surface area (TPSA) is 26.3 Å². The van der Waals surface area contributed by atoms with Crippen LogP contribution in [-0.4, -0.2) is 12.4 Å². The number of fused-ring (bicyclic) bond motifs is 1. The smallest absolute Gasteiger partial charge is 0.188 e. The minimum Gasteiger partial charge on any atom is -0.501 e. The third kappa shape index (κ3) is 2.72. The second-order valence-corrected chi connectivity index (χ2v) is 3.68. The van der Waals surface area contributed by atoms with E-state index in [4.69, 9.17) is 4.74 Å². The molecular weight excluding hydrogens is 212 g/mol. The third-order valence-corrected chi connectivity index (χ3v) is 2.52. The Hall–Kier alpha value is -2.09. The van der Waals surface area contributed by atoms with Gasteiger partial charge in [0.2, 0.25) is 0 Å². The lowest BCUT2D eigenvalue weighted by molar-refractivity contribution is 0.104. The fraction of sp³-hybridized carbons (Fsp3) is 0.133. The molecule has 2 aromatic carbocycles. The maximum absolute atomic E-state index is 11.8. The van der Waals surface area contributed by atoms with Crippen LogP contribution in [0.2, 0.25) is 0 Å². The molecule has 0 aliphatic rings. The Balaban J connectivity index is 2.27. The van der Waals surface area contributed by atoms with E-state index >= 15 is 0 Å². The zero-order valence-corrected chi connectivity index (χ0v) is 9.72. The number of rotatable bonds is 4. The predicted molar refractivity (Wildman–Crippen MR) is 69.0 cm³/mol. The molecule has 0 atom stereocenters. The van der Waals surface area contributed by atoms with E-state index in [1.54, 1.807) is 0 Å². The predicted octanol–water partition coefficient (Wildman–Crippen LogP) is 3.57. The van der Waals surface area contributed by atoms with Crippen molar-refractivity contribution in [2.24, 2.45) is 0 Å². The molecule has 0 aromatic heterocycles. The summed E-state index contributed by atoms with van der Waals surface area (Å²) < 4.78 is 5.01. The van der Waals surface area contributed by atoms with Gasteiger partial charge in [-0.3, -0.25) is 4.79 Å². The average Bonchev–Trinajstić information content (AvgIpc) is 2.38. The lowest BCUT2D eigenvalue weighted by Gasteiger charge is -2.00. The van der Waals surface area contributed by atoms with Gasteiger partial charge in [0, 0.05) is 11.6 Å². The quantitative estimate of drug-likeness (QED) is 0.452. The number of carbonyl (C=O) groups is 1. The standard InChI is InChI=1S/C15H14O2/c1-2-17-10-9-15(16)14-8-7-12-5-3-4-6-13(12)11-14/h3-11H,2H2,1H3. The Morgan fingerprint density at radius 1 is 1.18 bits per heavy atom. The number of ketones is 1. The molecule has 0 amide bonds. The minimum atomic E-state index is -0.0378. The minimum absolute atomic E-state index is 0.0378. The number of hydrogen-bond donors (Lipinski definition) is 0. The fourth-order valence-electron chi connectivity index (χ4n) is 1.64. The molecule has 0 aliphatic carbocycles. The van der Waals surface area contributed by atoms with Crippen molar-refractivity contribution in [1.82, 2.24) is 0 Å². The highest BCUT2D eigenvalue weighted by Crippen LogP contribution is 2.16. The van der Waals surface area contributed by atoms with Gasteiger partial charge in [-0.25, -0.2) is 0 Å². The first kappa shape index (κ1) is 11.4. The highest BCUT2D eigenvalue weighted by atomic mass is 16.5. The normalized spacial score (nSPS) is 10.9. The van der Waals surface area contributed by atoms with Crippen molar-refractivity contribution in [1.29, 1.82) is 0 Å².